The standard InChI is InChI=1S/C21H20F3N3O4/c1-13(2)11-26-8-7-14-9-15(3-5-18(14)26)25-20(28)17-10-16(31-12-21(22,23)24)4-6-19(17)27(29)30/h3-10,13H,11-12H2,1-2H3,(H,25,28). The van der Waals surface area contributed by atoms with Crippen molar-refractivity contribution in [3.8, 4) is 5.75 Å². The lowest BCUT2D eigenvalue weighted by molar-refractivity contribution is -0.385. The van der Waals surface area contributed by atoms with Gasteiger partial charge in [-0.2, -0.15) is 13.2 Å². The van der Waals surface area contributed by atoms with Crippen LogP contribution in [0.3, 0.4) is 0 Å². The normalized spacial score (nSPS) is 11.7. The molecule has 2 aromatic carbocycles. The van der Waals surface area contributed by atoms with Crippen molar-refractivity contribution >= 4 is 28.2 Å². The zero-order valence-corrected chi connectivity index (χ0v) is 16.8. The van der Waals surface area contributed by atoms with Gasteiger partial charge in [-0.3, -0.25) is 14.9 Å². The minimum atomic E-state index is -4.58. The average Bonchev–Trinajstić information content (AvgIpc) is 3.06. The molecule has 1 amide bonds. The minimum Gasteiger partial charge on any atom is -0.484 e. The molecular weight excluding hydrogens is 415 g/mol. The molecule has 31 heavy (non-hydrogen) atoms. The van der Waals surface area contributed by atoms with Gasteiger partial charge in [0.15, 0.2) is 6.61 Å². The van der Waals surface area contributed by atoms with Crippen LogP contribution >= 0.6 is 0 Å². The van der Waals surface area contributed by atoms with Crippen LogP contribution in [0.15, 0.2) is 48.7 Å². The van der Waals surface area contributed by atoms with Crippen molar-refractivity contribution in [3.63, 3.8) is 0 Å². The fraction of sp³-hybridized carbons (Fsp3) is 0.286. The molecule has 164 valence electrons. The first kappa shape index (κ1) is 22.1. The van der Waals surface area contributed by atoms with Gasteiger partial charge < -0.3 is 14.6 Å². The Hall–Kier alpha value is -3.56. The third kappa shape index (κ3) is 5.53. The van der Waals surface area contributed by atoms with Gasteiger partial charge in [-0.05, 0) is 42.3 Å². The van der Waals surface area contributed by atoms with E-state index in [-0.39, 0.29) is 5.75 Å². The number of nitrogens with zero attached hydrogens (tertiary/aromatic N) is 2. The Morgan fingerprint density at radius 1 is 1.19 bits per heavy atom. The van der Waals surface area contributed by atoms with Crippen molar-refractivity contribution in [2.45, 2.75) is 26.6 Å². The molecule has 0 aliphatic heterocycles. The molecule has 0 unspecified atom stereocenters. The first-order valence-corrected chi connectivity index (χ1v) is 9.42. The van der Waals surface area contributed by atoms with Gasteiger partial charge in [0.1, 0.15) is 11.3 Å². The molecule has 0 bridgehead atoms. The Kier molecular flexibility index (Phi) is 6.19. The van der Waals surface area contributed by atoms with Crippen molar-refractivity contribution in [2.24, 2.45) is 5.92 Å². The number of nitro benzene ring substituents is 1. The number of aromatic nitrogens is 1. The summed E-state index contributed by atoms with van der Waals surface area (Å²) >= 11 is 0. The molecule has 1 aromatic heterocycles. The molecule has 0 aliphatic rings. The maximum Gasteiger partial charge on any atom is 0.422 e. The summed E-state index contributed by atoms with van der Waals surface area (Å²) in [5, 5.41) is 14.7. The number of carbonyl (C=O) groups is 1. The summed E-state index contributed by atoms with van der Waals surface area (Å²) in [4.78, 5) is 23.2. The Morgan fingerprint density at radius 2 is 1.94 bits per heavy atom. The van der Waals surface area contributed by atoms with Gasteiger partial charge in [-0.1, -0.05) is 13.8 Å². The van der Waals surface area contributed by atoms with Gasteiger partial charge in [-0.25, -0.2) is 0 Å². The van der Waals surface area contributed by atoms with E-state index in [2.05, 4.69) is 28.5 Å². The van der Waals surface area contributed by atoms with Crippen LogP contribution in [0.25, 0.3) is 10.9 Å². The number of nitrogens with one attached hydrogen (secondary N) is 1. The molecule has 3 aromatic rings. The van der Waals surface area contributed by atoms with Crippen LogP contribution < -0.4 is 10.1 Å². The lowest BCUT2D eigenvalue weighted by Crippen LogP contribution is -2.20. The number of hydrogen-bond donors (Lipinski definition) is 1. The van der Waals surface area contributed by atoms with Gasteiger partial charge in [0.2, 0.25) is 0 Å². The minimum absolute atomic E-state index is 0.297. The fourth-order valence-corrected chi connectivity index (χ4v) is 3.14. The Labute approximate surface area is 175 Å². The molecular formula is C21H20F3N3O4. The van der Waals surface area contributed by atoms with E-state index >= 15 is 0 Å². The number of halogens is 3. The summed E-state index contributed by atoms with van der Waals surface area (Å²) in [5.41, 5.74) is 0.430. The Morgan fingerprint density at radius 3 is 2.58 bits per heavy atom. The number of ether oxygens (including phenoxy) is 1. The van der Waals surface area contributed by atoms with E-state index in [4.69, 9.17) is 0 Å². The van der Waals surface area contributed by atoms with Gasteiger partial charge in [0, 0.05) is 35.4 Å². The lowest BCUT2D eigenvalue weighted by Gasteiger charge is -2.11. The second-order valence-corrected chi connectivity index (χ2v) is 7.43. The third-order valence-electron chi connectivity index (χ3n) is 4.40. The number of anilines is 1. The molecule has 1 heterocycles. The zero-order valence-electron chi connectivity index (χ0n) is 16.8. The number of hydrogen-bond acceptors (Lipinski definition) is 4. The fourth-order valence-electron chi connectivity index (χ4n) is 3.14. The topological polar surface area (TPSA) is 86.4 Å². The van der Waals surface area contributed by atoms with Crippen molar-refractivity contribution in [3.05, 3.63) is 64.3 Å². The number of carbonyl (C=O) groups excluding carboxylic acids is 1. The monoisotopic (exact) mass is 435 g/mol. The smallest absolute Gasteiger partial charge is 0.422 e. The van der Waals surface area contributed by atoms with Crippen molar-refractivity contribution in [1.29, 1.82) is 0 Å². The van der Waals surface area contributed by atoms with Gasteiger partial charge in [0.25, 0.3) is 11.6 Å². The average molecular weight is 435 g/mol. The highest BCUT2D eigenvalue weighted by atomic mass is 19.4. The lowest BCUT2D eigenvalue weighted by atomic mass is 10.1. The molecule has 0 saturated carbocycles. The van der Waals surface area contributed by atoms with E-state index in [1.54, 1.807) is 12.1 Å². The van der Waals surface area contributed by atoms with Crippen molar-refractivity contribution in [2.75, 3.05) is 11.9 Å². The third-order valence-corrected chi connectivity index (χ3v) is 4.40. The number of fused-ring (bicyclic) bond motifs is 1. The van der Waals surface area contributed by atoms with Crippen LogP contribution in [-0.2, 0) is 6.54 Å². The predicted molar refractivity (Wildman–Crippen MR) is 109 cm³/mol. The molecule has 7 nitrogen and oxygen atoms in total. The maximum absolute atomic E-state index is 12.7. The molecule has 0 radical (unpaired) electrons. The number of benzene rings is 2. The van der Waals surface area contributed by atoms with E-state index < -0.39 is 34.9 Å². The molecule has 3 rings (SSSR count). The van der Waals surface area contributed by atoms with Crippen molar-refractivity contribution in [1.82, 2.24) is 4.57 Å². The summed E-state index contributed by atoms with van der Waals surface area (Å²) in [7, 11) is 0. The molecule has 0 saturated heterocycles. The summed E-state index contributed by atoms with van der Waals surface area (Å²) in [5.74, 6) is -0.679. The van der Waals surface area contributed by atoms with Gasteiger partial charge in [-0.15, -0.1) is 0 Å². The molecule has 0 spiro atoms. The highest BCUT2D eigenvalue weighted by Crippen LogP contribution is 2.28. The SMILES string of the molecule is CC(C)Cn1ccc2cc(NC(=O)c3cc(OCC(F)(F)F)ccc3[N+](=O)[O-])ccc21. The van der Waals surface area contributed by atoms with E-state index in [0.717, 1.165) is 35.6 Å². The molecule has 0 atom stereocenters. The quantitative estimate of drug-likeness (QED) is 0.398. The Bertz CT molecular complexity index is 1120. The van der Waals surface area contributed by atoms with E-state index in [1.807, 2.05) is 18.3 Å². The molecule has 0 fully saturated rings. The number of alkyl halides is 3. The molecule has 10 heteroatoms. The number of rotatable bonds is 7. The van der Waals surface area contributed by atoms with Crippen LogP contribution in [0.2, 0.25) is 0 Å². The van der Waals surface area contributed by atoms with E-state index in [0.29, 0.717) is 11.6 Å². The first-order chi connectivity index (χ1) is 14.5. The summed E-state index contributed by atoms with van der Waals surface area (Å²) < 4.78 is 43.8. The molecule has 1 N–H and O–H groups in total. The van der Waals surface area contributed by atoms with Crippen LogP contribution in [0.5, 0.6) is 5.75 Å². The number of nitro groups is 1. The zero-order chi connectivity index (χ0) is 22.8. The van der Waals surface area contributed by atoms with Crippen LogP contribution in [-0.4, -0.2) is 28.2 Å². The van der Waals surface area contributed by atoms with E-state index in [9.17, 15) is 28.1 Å². The van der Waals surface area contributed by atoms with Crippen LogP contribution in [0.1, 0.15) is 24.2 Å². The summed E-state index contributed by atoms with van der Waals surface area (Å²) in [6.45, 7) is 3.45. The van der Waals surface area contributed by atoms with Crippen molar-refractivity contribution < 1.29 is 27.6 Å². The largest absolute Gasteiger partial charge is 0.484 e. The summed E-state index contributed by atoms with van der Waals surface area (Å²) in [6, 6.07) is 9.98. The number of amides is 1. The second kappa shape index (κ2) is 8.66. The maximum atomic E-state index is 12.7. The Balaban J connectivity index is 1.85. The molecule has 0 aliphatic carbocycles. The van der Waals surface area contributed by atoms with Gasteiger partial charge in [0.05, 0.1) is 4.92 Å². The predicted octanol–water partition coefficient (Wildman–Crippen LogP) is 5.40. The van der Waals surface area contributed by atoms with Crippen LogP contribution in [0, 0.1) is 16.0 Å². The van der Waals surface area contributed by atoms with E-state index in [1.165, 1.54) is 0 Å². The highest BCUT2D eigenvalue weighted by molar-refractivity contribution is 6.08. The second-order valence-electron chi connectivity index (χ2n) is 7.43. The highest BCUT2D eigenvalue weighted by Gasteiger charge is 2.29. The first-order valence-electron chi connectivity index (χ1n) is 9.42. The van der Waals surface area contributed by atoms with Crippen LogP contribution in [0.4, 0.5) is 24.5 Å². The summed E-state index contributed by atoms with van der Waals surface area (Å²) in [6.07, 6.45) is -2.64. The van der Waals surface area contributed by atoms with Gasteiger partial charge >= 0.3 is 6.18 Å².